The quantitative estimate of drug-likeness (QED) is 0.399. The average Bonchev–Trinajstić information content (AvgIpc) is 3.19. The van der Waals surface area contributed by atoms with Crippen molar-refractivity contribution in [1.29, 1.82) is 0 Å². The number of carboxylic acids is 2. The Kier molecular flexibility index (Phi) is 5.91. The number of carboxylic acid groups (broad SMARTS) is 2. The minimum Gasteiger partial charge on any atom is -0.480 e. The molecule has 5 rings (SSSR count). The van der Waals surface area contributed by atoms with E-state index in [0.717, 1.165) is 22.5 Å². The summed E-state index contributed by atoms with van der Waals surface area (Å²) in [6.45, 7) is 7.36. The second-order valence-corrected chi connectivity index (χ2v) is 11.1. The van der Waals surface area contributed by atoms with Crippen molar-refractivity contribution >= 4 is 34.8 Å². The predicted molar refractivity (Wildman–Crippen MR) is 142 cm³/mol. The minimum atomic E-state index is -1.10. The number of rotatable bonds is 6. The highest BCUT2D eigenvalue weighted by molar-refractivity contribution is 6.14. The zero-order chi connectivity index (χ0) is 27.6. The highest BCUT2D eigenvalue weighted by Gasteiger charge is 2.50. The number of anilines is 1. The first-order chi connectivity index (χ1) is 17.9. The molecule has 0 radical (unpaired) electrons. The Balaban J connectivity index is 1.53. The number of hydrogen-bond acceptors (Lipinski definition) is 5. The first-order valence-corrected chi connectivity index (χ1v) is 12.6. The van der Waals surface area contributed by atoms with Gasteiger partial charge in [-0.25, -0.2) is 4.79 Å². The second kappa shape index (κ2) is 8.77. The zero-order valence-electron chi connectivity index (χ0n) is 21.8. The largest absolute Gasteiger partial charge is 0.480 e. The number of carbonyl (C=O) groups is 3. The minimum absolute atomic E-state index is 0.219. The summed E-state index contributed by atoms with van der Waals surface area (Å²) in [5, 5.41) is 30.3. The molecule has 38 heavy (non-hydrogen) atoms. The van der Waals surface area contributed by atoms with Crippen molar-refractivity contribution < 1.29 is 34.3 Å². The van der Waals surface area contributed by atoms with Gasteiger partial charge in [0.2, 0.25) is 12.2 Å². The first-order valence-electron chi connectivity index (χ1n) is 12.6. The molecule has 2 heterocycles. The van der Waals surface area contributed by atoms with Gasteiger partial charge in [0.15, 0.2) is 11.5 Å². The van der Waals surface area contributed by atoms with E-state index in [0.29, 0.717) is 11.4 Å². The molecule has 196 valence electrons. The Labute approximate surface area is 220 Å². The van der Waals surface area contributed by atoms with Gasteiger partial charge in [-0.1, -0.05) is 56.3 Å². The number of benzene rings is 2. The van der Waals surface area contributed by atoms with Crippen LogP contribution in [0.1, 0.15) is 38.8 Å². The molecule has 2 aromatic carbocycles. The van der Waals surface area contributed by atoms with Crippen LogP contribution in [0.4, 0.5) is 11.4 Å². The summed E-state index contributed by atoms with van der Waals surface area (Å²) in [4.78, 5) is 38.5. The average molecular weight is 516 g/mol. The van der Waals surface area contributed by atoms with Crippen molar-refractivity contribution in [2.45, 2.75) is 44.6 Å². The molecule has 0 spiro atoms. The van der Waals surface area contributed by atoms with Gasteiger partial charge in [0.1, 0.15) is 6.54 Å². The van der Waals surface area contributed by atoms with Crippen LogP contribution in [0.2, 0.25) is 0 Å². The Hall–Kier alpha value is -4.04. The number of fused-ring (bicyclic) bond motifs is 2. The molecule has 0 amide bonds. The molecular formula is C30H31N2O6+. The first kappa shape index (κ1) is 25.6. The second-order valence-electron chi connectivity index (χ2n) is 11.1. The Morgan fingerprint density at radius 1 is 0.947 bits per heavy atom. The smallest absolute Gasteiger partial charge is 0.370 e. The Morgan fingerprint density at radius 2 is 1.58 bits per heavy atom. The number of Topliss-reactive ketones (excluding diaryl/α,β-unsaturated/α-hetero) is 1. The number of allylic oxidation sites excluding steroid dienone is 2. The van der Waals surface area contributed by atoms with E-state index in [1.165, 1.54) is 0 Å². The van der Waals surface area contributed by atoms with Gasteiger partial charge in [-0.05, 0) is 25.5 Å². The van der Waals surface area contributed by atoms with Crippen molar-refractivity contribution in [3.63, 3.8) is 0 Å². The van der Waals surface area contributed by atoms with Crippen molar-refractivity contribution in [3.8, 4) is 0 Å². The van der Waals surface area contributed by atoms with Crippen LogP contribution in [0.25, 0.3) is 0 Å². The van der Waals surface area contributed by atoms with E-state index in [-0.39, 0.29) is 24.4 Å². The number of nitrogens with zero attached hydrogens (tertiary/aromatic N) is 2. The number of aliphatic hydroxyl groups excluding tert-OH is 1. The number of ketones is 1. The maximum absolute atomic E-state index is 13.4. The summed E-state index contributed by atoms with van der Waals surface area (Å²) in [7, 11) is 0. The normalized spacial score (nSPS) is 25.0. The van der Waals surface area contributed by atoms with Crippen LogP contribution in [-0.4, -0.2) is 62.5 Å². The lowest BCUT2D eigenvalue weighted by Crippen LogP contribution is -2.46. The number of aliphatic hydroxyl groups is 1. The third-order valence-electron chi connectivity index (χ3n) is 8.06. The molecule has 2 aromatic rings. The highest BCUT2D eigenvalue weighted by atomic mass is 16.4. The van der Waals surface area contributed by atoms with Gasteiger partial charge in [-0.15, -0.1) is 0 Å². The van der Waals surface area contributed by atoms with Gasteiger partial charge in [0, 0.05) is 40.1 Å². The maximum Gasteiger partial charge on any atom is 0.370 e. The van der Waals surface area contributed by atoms with E-state index in [2.05, 4.69) is 0 Å². The fraction of sp³-hybridized carbons (Fsp3) is 0.333. The highest BCUT2D eigenvalue weighted by Crippen LogP contribution is 2.49. The zero-order valence-corrected chi connectivity index (χ0v) is 21.8. The van der Waals surface area contributed by atoms with Crippen molar-refractivity contribution in [2.75, 3.05) is 18.0 Å². The molecule has 0 aromatic heterocycles. The van der Waals surface area contributed by atoms with Gasteiger partial charge in [-0.3, -0.25) is 9.59 Å². The molecule has 3 aliphatic rings. The molecule has 0 saturated heterocycles. The van der Waals surface area contributed by atoms with Gasteiger partial charge in [-0.2, -0.15) is 4.58 Å². The summed E-state index contributed by atoms with van der Waals surface area (Å²) in [6, 6.07) is 15.1. The van der Waals surface area contributed by atoms with E-state index in [1.54, 1.807) is 21.6 Å². The SMILES string of the molecule is CC1(C)C(=CC2C(=O)C(=CC3=[N+](CC(=O)O)c4ccccc4C3(C)C)C2O)N(CC(=O)O)c2ccccc21. The maximum atomic E-state index is 13.4. The molecular weight excluding hydrogens is 484 g/mol. The molecule has 2 unspecified atom stereocenters. The fourth-order valence-corrected chi connectivity index (χ4v) is 6.07. The van der Waals surface area contributed by atoms with Gasteiger partial charge < -0.3 is 20.2 Å². The molecule has 1 saturated carbocycles. The monoisotopic (exact) mass is 515 g/mol. The van der Waals surface area contributed by atoms with Crippen LogP contribution in [0, 0.1) is 5.92 Å². The number of hydrogen-bond donors (Lipinski definition) is 3. The standard InChI is InChI=1S/C30H30N2O6/c1-29(2)19-9-5-7-11-21(19)31(15-25(33)34)23(29)13-17-27(37)18(28(17)38)14-24-30(3,4)20-10-6-8-12-22(20)32(24)16-26(35)36/h5-14,17,27,37H,15-16H2,1-4H3,(H-,33,34,35,36)/p+1. The van der Waals surface area contributed by atoms with Gasteiger partial charge >= 0.3 is 11.9 Å². The van der Waals surface area contributed by atoms with E-state index in [9.17, 15) is 29.7 Å². The number of carbonyl (C=O) groups excluding carboxylic acids is 1. The third-order valence-corrected chi connectivity index (χ3v) is 8.06. The third kappa shape index (κ3) is 3.79. The van der Waals surface area contributed by atoms with Crippen LogP contribution >= 0.6 is 0 Å². The topological polar surface area (TPSA) is 118 Å². The van der Waals surface area contributed by atoms with Crippen LogP contribution in [0.15, 0.2) is 72.0 Å². The lowest BCUT2D eigenvalue weighted by Gasteiger charge is -2.35. The lowest BCUT2D eigenvalue weighted by atomic mass is 9.71. The molecule has 1 aliphatic carbocycles. The summed E-state index contributed by atoms with van der Waals surface area (Å²) in [5.41, 5.74) is 3.81. The van der Waals surface area contributed by atoms with Crippen molar-refractivity contribution in [3.05, 3.63) is 83.1 Å². The van der Waals surface area contributed by atoms with Gasteiger partial charge in [0.05, 0.1) is 17.4 Å². The van der Waals surface area contributed by atoms with Crippen molar-refractivity contribution in [1.82, 2.24) is 0 Å². The van der Waals surface area contributed by atoms with E-state index in [1.807, 2.05) is 76.2 Å². The van der Waals surface area contributed by atoms with Crippen LogP contribution in [-0.2, 0) is 25.2 Å². The number of para-hydroxylation sites is 2. The predicted octanol–water partition coefficient (Wildman–Crippen LogP) is 3.40. The van der Waals surface area contributed by atoms with E-state index < -0.39 is 34.8 Å². The van der Waals surface area contributed by atoms with Gasteiger partial charge in [0.25, 0.3) is 0 Å². The fourth-order valence-electron chi connectivity index (χ4n) is 6.07. The molecule has 1 fully saturated rings. The van der Waals surface area contributed by atoms with E-state index in [4.69, 9.17) is 0 Å². The Bertz CT molecular complexity index is 1480. The summed E-state index contributed by atoms with van der Waals surface area (Å²) in [5.74, 6) is -3.09. The molecule has 8 nitrogen and oxygen atoms in total. The molecule has 2 aliphatic heterocycles. The van der Waals surface area contributed by atoms with Crippen molar-refractivity contribution in [2.24, 2.45) is 5.92 Å². The molecule has 3 N–H and O–H groups in total. The summed E-state index contributed by atoms with van der Waals surface area (Å²) in [6.07, 6.45) is 2.23. The van der Waals surface area contributed by atoms with E-state index >= 15 is 0 Å². The number of aliphatic carboxylic acids is 2. The molecule has 2 atom stereocenters. The summed E-state index contributed by atoms with van der Waals surface area (Å²) >= 11 is 0. The Morgan fingerprint density at radius 3 is 2.21 bits per heavy atom. The molecule has 8 heteroatoms. The summed E-state index contributed by atoms with van der Waals surface area (Å²) < 4.78 is 1.68. The lowest BCUT2D eigenvalue weighted by molar-refractivity contribution is -0.428. The molecule has 0 bridgehead atoms. The van der Waals surface area contributed by atoms with Crippen LogP contribution in [0.5, 0.6) is 0 Å². The van der Waals surface area contributed by atoms with Crippen LogP contribution < -0.4 is 4.90 Å². The van der Waals surface area contributed by atoms with Crippen LogP contribution in [0.3, 0.4) is 0 Å².